The molecule has 2 aromatic rings. The maximum atomic E-state index is 12.2. The minimum absolute atomic E-state index is 0.0817. The standard InChI is InChI=1S/C12H11N3O5S/c1-20-9-7-8(11(16)17)3-4-10(9)21(18,19)15-12-13-5-2-6-14-12/h2-7H,1H3,(H,16,17)(H,13,14,15). The van der Waals surface area contributed by atoms with Crippen molar-refractivity contribution in [1.82, 2.24) is 9.97 Å². The molecular weight excluding hydrogens is 298 g/mol. The normalized spacial score (nSPS) is 10.9. The van der Waals surface area contributed by atoms with E-state index in [2.05, 4.69) is 14.7 Å². The molecule has 0 radical (unpaired) electrons. The minimum Gasteiger partial charge on any atom is -0.495 e. The zero-order valence-corrected chi connectivity index (χ0v) is 11.7. The molecule has 0 bridgehead atoms. The van der Waals surface area contributed by atoms with Crippen molar-refractivity contribution >= 4 is 21.9 Å². The minimum atomic E-state index is -3.99. The van der Waals surface area contributed by atoms with Crippen LogP contribution in [0.2, 0.25) is 0 Å². The fourth-order valence-corrected chi connectivity index (χ4v) is 2.66. The average Bonchev–Trinajstić information content (AvgIpc) is 2.47. The van der Waals surface area contributed by atoms with Gasteiger partial charge in [-0.25, -0.2) is 27.9 Å². The zero-order chi connectivity index (χ0) is 15.5. The van der Waals surface area contributed by atoms with Gasteiger partial charge in [0, 0.05) is 12.4 Å². The number of aromatic carboxylic acids is 1. The van der Waals surface area contributed by atoms with Crippen LogP contribution in [0.25, 0.3) is 0 Å². The van der Waals surface area contributed by atoms with Crippen molar-refractivity contribution in [2.45, 2.75) is 4.90 Å². The van der Waals surface area contributed by atoms with Crippen LogP contribution in [0.4, 0.5) is 5.95 Å². The Morgan fingerprint density at radius 2 is 1.95 bits per heavy atom. The Morgan fingerprint density at radius 1 is 1.29 bits per heavy atom. The molecule has 1 heterocycles. The number of aromatic nitrogens is 2. The molecule has 2 N–H and O–H groups in total. The first-order valence-electron chi connectivity index (χ1n) is 5.65. The van der Waals surface area contributed by atoms with E-state index in [-0.39, 0.29) is 22.2 Å². The summed E-state index contributed by atoms with van der Waals surface area (Å²) in [5, 5.41) is 8.89. The van der Waals surface area contributed by atoms with Gasteiger partial charge in [0.25, 0.3) is 10.0 Å². The number of rotatable bonds is 5. The Balaban J connectivity index is 2.42. The van der Waals surface area contributed by atoms with E-state index in [9.17, 15) is 13.2 Å². The zero-order valence-electron chi connectivity index (χ0n) is 10.8. The highest BCUT2D eigenvalue weighted by Crippen LogP contribution is 2.26. The van der Waals surface area contributed by atoms with Crippen LogP contribution >= 0.6 is 0 Å². The summed E-state index contributed by atoms with van der Waals surface area (Å²) in [5.74, 6) is -1.36. The van der Waals surface area contributed by atoms with E-state index in [0.717, 1.165) is 12.1 Å². The molecule has 9 heteroatoms. The molecule has 1 aromatic carbocycles. The SMILES string of the molecule is COc1cc(C(=O)O)ccc1S(=O)(=O)Nc1ncccn1. The second-order valence-corrected chi connectivity index (χ2v) is 5.50. The Bertz CT molecular complexity index is 762. The first-order chi connectivity index (χ1) is 9.94. The highest BCUT2D eigenvalue weighted by Gasteiger charge is 2.22. The quantitative estimate of drug-likeness (QED) is 0.845. The lowest BCUT2D eigenvalue weighted by Crippen LogP contribution is -2.16. The van der Waals surface area contributed by atoms with E-state index < -0.39 is 16.0 Å². The third kappa shape index (κ3) is 3.26. The third-order valence-corrected chi connectivity index (χ3v) is 3.86. The molecule has 0 spiro atoms. The number of ether oxygens (including phenoxy) is 1. The van der Waals surface area contributed by atoms with E-state index in [1.165, 1.54) is 25.6 Å². The Kier molecular flexibility index (Phi) is 4.03. The summed E-state index contributed by atoms with van der Waals surface area (Å²) >= 11 is 0. The van der Waals surface area contributed by atoms with Crippen molar-refractivity contribution in [1.29, 1.82) is 0 Å². The smallest absolute Gasteiger partial charge is 0.335 e. The Labute approximate surface area is 120 Å². The van der Waals surface area contributed by atoms with Crippen molar-refractivity contribution in [2.24, 2.45) is 0 Å². The van der Waals surface area contributed by atoms with Gasteiger partial charge in [0.15, 0.2) is 0 Å². The number of nitrogens with one attached hydrogen (secondary N) is 1. The molecule has 0 fully saturated rings. The molecular formula is C12H11N3O5S. The van der Waals surface area contributed by atoms with Crippen molar-refractivity contribution < 1.29 is 23.1 Å². The molecule has 2 rings (SSSR count). The van der Waals surface area contributed by atoms with Gasteiger partial charge in [-0.15, -0.1) is 0 Å². The van der Waals surface area contributed by atoms with E-state index in [1.54, 1.807) is 6.07 Å². The fourth-order valence-electron chi connectivity index (χ4n) is 1.55. The van der Waals surface area contributed by atoms with E-state index >= 15 is 0 Å². The molecule has 8 nitrogen and oxygen atoms in total. The van der Waals surface area contributed by atoms with Crippen molar-refractivity contribution in [3.05, 3.63) is 42.2 Å². The maximum absolute atomic E-state index is 12.2. The molecule has 0 aliphatic heterocycles. The first kappa shape index (κ1) is 14.7. The second-order valence-electron chi connectivity index (χ2n) is 3.85. The summed E-state index contributed by atoms with van der Waals surface area (Å²) in [6, 6.07) is 4.99. The molecule has 21 heavy (non-hydrogen) atoms. The van der Waals surface area contributed by atoms with Crippen LogP contribution in [0.5, 0.6) is 5.75 Å². The summed E-state index contributed by atoms with van der Waals surface area (Å²) in [6.45, 7) is 0. The lowest BCUT2D eigenvalue weighted by Gasteiger charge is -2.11. The summed E-state index contributed by atoms with van der Waals surface area (Å²) in [7, 11) is -2.74. The van der Waals surface area contributed by atoms with Gasteiger partial charge in [-0.05, 0) is 24.3 Å². The van der Waals surface area contributed by atoms with Crippen LogP contribution in [0, 0.1) is 0 Å². The molecule has 0 amide bonds. The summed E-state index contributed by atoms with van der Waals surface area (Å²) in [6.07, 6.45) is 2.77. The van der Waals surface area contributed by atoms with Crippen LogP contribution in [0.15, 0.2) is 41.6 Å². The van der Waals surface area contributed by atoms with Crippen molar-refractivity contribution in [2.75, 3.05) is 11.8 Å². The van der Waals surface area contributed by atoms with E-state index in [0.29, 0.717) is 0 Å². The molecule has 0 saturated carbocycles. The molecule has 1 aromatic heterocycles. The van der Waals surface area contributed by atoms with Gasteiger partial charge in [0.2, 0.25) is 5.95 Å². The molecule has 0 atom stereocenters. The summed E-state index contributed by atoms with van der Waals surface area (Å²) < 4.78 is 31.6. The van der Waals surface area contributed by atoms with Crippen LogP contribution in [-0.4, -0.2) is 36.6 Å². The van der Waals surface area contributed by atoms with Gasteiger partial charge in [-0.3, -0.25) is 0 Å². The van der Waals surface area contributed by atoms with Gasteiger partial charge in [-0.1, -0.05) is 0 Å². The fraction of sp³-hybridized carbons (Fsp3) is 0.0833. The van der Waals surface area contributed by atoms with Gasteiger partial charge < -0.3 is 9.84 Å². The van der Waals surface area contributed by atoms with Crippen LogP contribution in [-0.2, 0) is 10.0 Å². The predicted octanol–water partition coefficient (Wildman–Crippen LogP) is 0.984. The molecule has 0 saturated heterocycles. The third-order valence-electron chi connectivity index (χ3n) is 2.49. The van der Waals surface area contributed by atoms with Gasteiger partial charge in [0.1, 0.15) is 10.6 Å². The molecule has 0 unspecified atom stereocenters. The molecule has 0 aliphatic carbocycles. The number of sulfonamides is 1. The number of carbonyl (C=O) groups is 1. The van der Waals surface area contributed by atoms with Gasteiger partial charge in [-0.2, -0.15) is 0 Å². The number of nitrogens with zero attached hydrogens (tertiary/aromatic N) is 2. The average molecular weight is 309 g/mol. The lowest BCUT2D eigenvalue weighted by atomic mass is 10.2. The molecule has 110 valence electrons. The van der Waals surface area contributed by atoms with Crippen LogP contribution in [0.3, 0.4) is 0 Å². The van der Waals surface area contributed by atoms with E-state index in [4.69, 9.17) is 9.84 Å². The first-order valence-corrected chi connectivity index (χ1v) is 7.13. The predicted molar refractivity (Wildman–Crippen MR) is 72.8 cm³/mol. The number of hydrogen-bond acceptors (Lipinski definition) is 6. The van der Waals surface area contributed by atoms with Crippen molar-refractivity contribution in [3.63, 3.8) is 0 Å². The number of benzene rings is 1. The van der Waals surface area contributed by atoms with E-state index in [1.807, 2.05) is 0 Å². The summed E-state index contributed by atoms with van der Waals surface area (Å²) in [5.41, 5.74) is -0.0817. The lowest BCUT2D eigenvalue weighted by molar-refractivity contribution is 0.0696. The maximum Gasteiger partial charge on any atom is 0.335 e. The number of methoxy groups -OCH3 is 1. The highest BCUT2D eigenvalue weighted by atomic mass is 32.2. The van der Waals surface area contributed by atoms with Gasteiger partial charge in [0.05, 0.1) is 12.7 Å². The number of carboxylic acids is 1. The Morgan fingerprint density at radius 3 is 2.52 bits per heavy atom. The summed E-state index contributed by atoms with van der Waals surface area (Å²) in [4.78, 5) is 18.2. The number of carboxylic acid groups (broad SMARTS) is 1. The van der Waals surface area contributed by atoms with Crippen LogP contribution in [0.1, 0.15) is 10.4 Å². The second kappa shape index (κ2) is 5.75. The number of hydrogen-bond donors (Lipinski definition) is 2. The highest BCUT2D eigenvalue weighted by molar-refractivity contribution is 7.92. The van der Waals surface area contributed by atoms with Crippen molar-refractivity contribution in [3.8, 4) is 5.75 Å². The topological polar surface area (TPSA) is 118 Å². The largest absolute Gasteiger partial charge is 0.495 e. The molecule has 0 aliphatic rings. The van der Waals surface area contributed by atoms with Gasteiger partial charge >= 0.3 is 5.97 Å². The Hall–Kier alpha value is -2.68. The monoisotopic (exact) mass is 309 g/mol. The number of anilines is 1. The van der Waals surface area contributed by atoms with Crippen LogP contribution < -0.4 is 9.46 Å².